The number of benzene rings is 1. The molecule has 196 valence electrons. The van der Waals surface area contributed by atoms with Crippen LogP contribution in [0.3, 0.4) is 0 Å². The molecule has 1 atom stereocenters. The highest BCUT2D eigenvalue weighted by Gasteiger charge is 2.30. The van der Waals surface area contributed by atoms with E-state index in [1.54, 1.807) is 85.3 Å². The summed E-state index contributed by atoms with van der Waals surface area (Å²) in [5, 5.41) is 10.7. The Bertz CT molecular complexity index is 1480. The van der Waals surface area contributed by atoms with E-state index < -0.39 is 17.5 Å². The van der Waals surface area contributed by atoms with Gasteiger partial charge in [0.25, 0.3) is 5.91 Å². The van der Waals surface area contributed by atoms with E-state index in [2.05, 4.69) is 25.7 Å². The molecule has 1 aliphatic heterocycles. The van der Waals surface area contributed by atoms with Crippen molar-refractivity contribution >= 4 is 34.4 Å². The van der Waals surface area contributed by atoms with Crippen LogP contribution in [0.4, 0.5) is 20.7 Å². The first-order chi connectivity index (χ1) is 18.1. The van der Waals surface area contributed by atoms with E-state index in [1.165, 1.54) is 6.07 Å². The van der Waals surface area contributed by atoms with Gasteiger partial charge in [-0.2, -0.15) is 5.10 Å². The van der Waals surface area contributed by atoms with Crippen LogP contribution < -0.4 is 10.6 Å². The van der Waals surface area contributed by atoms with Crippen molar-refractivity contribution in [2.45, 2.75) is 38.8 Å². The Morgan fingerprint density at radius 1 is 1.16 bits per heavy atom. The van der Waals surface area contributed by atoms with Crippen LogP contribution >= 0.6 is 0 Å². The number of carbonyl (C=O) groups excluding carboxylic acids is 2. The minimum atomic E-state index is -0.592. The van der Waals surface area contributed by atoms with Gasteiger partial charge in [0.15, 0.2) is 0 Å². The average molecular weight is 518 g/mol. The molecule has 0 bridgehead atoms. The number of pyridine rings is 2. The molecule has 10 nitrogen and oxygen atoms in total. The largest absolute Gasteiger partial charge is 0.444 e. The molecule has 4 heterocycles. The first-order valence-corrected chi connectivity index (χ1v) is 12.3. The maximum absolute atomic E-state index is 14.7. The number of alkyl carbamates (subject to hydrolysis) is 1. The highest BCUT2D eigenvalue weighted by molar-refractivity contribution is 5.95. The van der Waals surface area contributed by atoms with Gasteiger partial charge in [0.2, 0.25) is 0 Å². The lowest BCUT2D eigenvalue weighted by molar-refractivity contribution is 0.0502. The van der Waals surface area contributed by atoms with Gasteiger partial charge in [-0.1, -0.05) is 0 Å². The van der Waals surface area contributed by atoms with Crippen molar-refractivity contribution < 1.29 is 18.7 Å². The third-order valence-corrected chi connectivity index (χ3v) is 5.97. The van der Waals surface area contributed by atoms with Crippen molar-refractivity contribution in [3.63, 3.8) is 0 Å². The van der Waals surface area contributed by atoms with Gasteiger partial charge in [0.05, 0.1) is 22.9 Å². The Labute approximate surface area is 218 Å². The number of nitrogens with zero attached hydrogens (tertiary/aromatic N) is 5. The number of anilines is 2. The van der Waals surface area contributed by atoms with Crippen molar-refractivity contribution in [3.05, 3.63) is 72.6 Å². The summed E-state index contributed by atoms with van der Waals surface area (Å²) in [4.78, 5) is 35.8. The van der Waals surface area contributed by atoms with E-state index >= 15 is 0 Å². The van der Waals surface area contributed by atoms with Crippen molar-refractivity contribution in [2.24, 2.45) is 0 Å². The second-order valence-electron chi connectivity index (χ2n) is 10.1. The Balaban J connectivity index is 1.27. The number of hydrogen-bond acceptors (Lipinski definition) is 7. The number of amides is 2. The second-order valence-corrected chi connectivity index (χ2v) is 10.1. The topological polar surface area (TPSA) is 114 Å². The summed E-state index contributed by atoms with van der Waals surface area (Å²) in [7, 11) is 0. The van der Waals surface area contributed by atoms with E-state index in [-0.39, 0.29) is 23.3 Å². The highest BCUT2D eigenvalue weighted by atomic mass is 19.1. The van der Waals surface area contributed by atoms with Crippen LogP contribution in [0.25, 0.3) is 16.6 Å². The number of rotatable bonds is 5. The van der Waals surface area contributed by atoms with E-state index in [9.17, 15) is 14.0 Å². The fourth-order valence-electron chi connectivity index (χ4n) is 4.21. The van der Waals surface area contributed by atoms with Crippen molar-refractivity contribution in [2.75, 3.05) is 18.4 Å². The molecule has 1 aliphatic rings. The molecule has 5 rings (SSSR count). The molecule has 3 aromatic heterocycles. The van der Waals surface area contributed by atoms with Gasteiger partial charge in [-0.15, -0.1) is 0 Å². The van der Waals surface area contributed by atoms with Crippen LogP contribution in [0.15, 0.2) is 61.1 Å². The molecule has 2 amide bonds. The minimum Gasteiger partial charge on any atom is -0.444 e. The summed E-state index contributed by atoms with van der Waals surface area (Å²) < 4.78 is 21.6. The van der Waals surface area contributed by atoms with Crippen LogP contribution in [-0.2, 0) is 4.74 Å². The Morgan fingerprint density at radius 3 is 2.74 bits per heavy atom. The van der Waals surface area contributed by atoms with E-state index in [0.29, 0.717) is 36.5 Å². The molecule has 11 heteroatoms. The molecule has 38 heavy (non-hydrogen) atoms. The second kappa shape index (κ2) is 10.1. The first-order valence-electron chi connectivity index (χ1n) is 12.3. The highest BCUT2D eigenvalue weighted by Crippen LogP contribution is 2.24. The summed E-state index contributed by atoms with van der Waals surface area (Å²) in [6, 6.07) is 11.4. The Hall–Kier alpha value is -4.54. The molecule has 2 N–H and O–H groups in total. The minimum absolute atomic E-state index is 0.191. The zero-order valence-corrected chi connectivity index (χ0v) is 21.3. The number of halogens is 1. The normalized spacial score (nSPS) is 15.5. The van der Waals surface area contributed by atoms with Gasteiger partial charge in [-0.05, 0) is 57.5 Å². The maximum Gasteiger partial charge on any atom is 0.407 e. The fourth-order valence-corrected chi connectivity index (χ4v) is 4.21. The number of ether oxygens (including phenoxy) is 1. The molecule has 4 aromatic rings. The average Bonchev–Trinajstić information content (AvgIpc) is 3.56. The quantitative estimate of drug-likeness (QED) is 0.402. The summed E-state index contributed by atoms with van der Waals surface area (Å²) in [6.45, 7) is 6.26. The summed E-state index contributed by atoms with van der Waals surface area (Å²) in [6.07, 6.45) is 5.10. The van der Waals surface area contributed by atoms with E-state index in [4.69, 9.17) is 4.74 Å². The monoisotopic (exact) mass is 517 g/mol. The zero-order chi connectivity index (χ0) is 26.9. The van der Waals surface area contributed by atoms with Gasteiger partial charge in [0.1, 0.15) is 22.9 Å². The number of likely N-dealkylation sites (tertiary alicyclic amines) is 1. The smallest absolute Gasteiger partial charge is 0.407 e. The van der Waals surface area contributed by atoms with Gasteiger partial charge in [-0.3, -0.25) is 4.79 Å². The van der Waals surface area contributed by atoms with Crippen LogP contribution in [0.5, 0.6) is 0 Å². The van der Waals surface area contributed by atoms with Gasteiger partial charge >= 0.3 is 6.09 Å². The van der Waals surface area contributed by atoms with Crippen LogP contribution in [0, 0.1) is 5.82 Å². The number of nitrogens with one attached hydrogen (secondary N) is 2. The van der Waals surface area contributed by atoms with Crippen molar-refractivity contribution in [1.29, 1.82) is 0 Å². The van der Waals surface area contributed by atoms with E-state index in [1.807, 2.05) is 0 Å². The molecule has 1 aromatic carbocycles. The molecular weight excluding hydrogens is 489 g/mol. The summed E-state index contributed by atoms with van der Waals surface area (Å²) in [5.74, 6) is -0.296. The molecular formula is C27H28FN7O3. The molecule has 0 saturated carbocycles. The Morgan fingerprint density at radius 2 is 2.00 bits per heavy atom. The third kappa shape index (κ3) is 5.72. The molecule has 1 fully saturated rings. The van der Waals surface area contributed by atoms with Crippen molar-refractivity contribution in [3.8, 4) is 5.69 Å². The lowest BCUT2D eigenvalue weighted by Gasteiger charge is -2.22. The number of carbonyl (C=O) groups is 2. The first kappa shape index (κ1) is 25.1. The standard InChI is InChI=1S/C27H28FN7O3/c1-27(2,3)38-26(37)31-18-9-12-34(16-18)25(36)22-7-5-17-15-29-24(14-23(17)32-22)33-21-8-6-19(13-20(21)28)35-11-4-10-30-35/h4-8,10-11,13-15,18H,9,12,16H2,1-3H3,(H,29,33)(H,31,37). The number of fused-ring (bicyclic) bond motifs is 1. The van der Waals surface area contributed by atoms with Gasteiger partial charge < -0.3 is 20.3 Å². The van der Waals surface area contributed by atoms with Crippen molar-refractivity contribution in [1.82, 2.24) is 30.0 Å². The lowest BCUT2D eigenvalue weighted by Crippen LogP contribution is -2.41. The van der Waals surface area contributed by atoms with Gasteiger partial charge in [0, 0.05) is 49.2 Å². The summed E-state index contributed by atoms with van der Waals surface area (Å²) in [5.41, 5.74) is 1.08. The van der Waals surface area contributed by atoms with Crippen LogP contribution in [-0.4, -0.2) is 61.4 Å². The molecule has 0 spiro atoms. The van der Waals surface area contributed by atoms with E-state index in [0.717, 1.165) is 5.39 Å². The lowest BCUT2D eigenvalue weighted by atomic mass is 10.2. The Kier molecular flexibility index (Phi) is 6.66. The molecule has 1 unspecified atom stereocenters. The maximum atomic E-state index is 14.7. The zero-order valence-electron chi connectivity index (χ0n) is 21.3. The number of aromatic nitrogens is 4. The molecule has 1 saturated heterocycles. The van der Waals surface area contributed by atoms with Gasteiger partial charge in [-0.25, -0.2) is 23.8 Å². The third-order valence-electron chi connectivity index (χ3n) is 5.97. The SMILES string of the molecule is CC(C)(C)OC(=O)NC1CCN(C(=O)c2ccc3cnc(Nc4ccc(-n5cccn5)cc4F)cc3n2)C1. The predicted octanol–water partition coefficient (Wildman–Crippen LogP) is 4.44. The summed E-state index contributed by atoms with van der Waals surface area (Å²) >= 11 is 0. The number of hydrogen-bond donors (Lipinski definition) is 2. The molecule has 0 radical (unpaired) electrons. The predicted molar refractivity (Wildman–Crippen MR) is 140 cm³/mol. The molecule has 0 aliphatic carbocycles. The van der Waals surface area contributed by atoms with Crippen LogP contribution in [0.2, 0.25) is 0 Å². The van der Waals surface area contributed by atoms with Crippen LogP contribution in [0.1, 0.15) is 37.7 Å². The fraction of sp³-hybridized carbons (Fsp3) is 0.296.